The molecule has 1 saturated heterocycles. The topological polar surface area (TPSA) is 12.0 Å². The van der Waals surface area contributed by atoms with Crippen molar-refractivity contribution in [3.8, 4) is 0 Å². The lowest BCUT2D eigenvalue weighted by atomic mass is 9.70. The molecule has 1 aliphatic rings. The molecule has 1 aromatic carbocycles. The summed E-state index contributed by atoms with van der Waals surface area (Å²) in [6.07, 6.45) is 1.13. The highest BCUT2D eigenvalue weighted by Crippen LogP contribution is 2.40. The Morgan fingerprint density at radius 2 is 2.00 bits per heavy atom. The van der Waals surface area contributed by atoms with Crippen LogP contribution in [-0.2, 0) is 5.41 Å². The van der Waals surface area contributed by atoms with Gasteiger partial charge in [0, 0.05) is 17.0 Å². The normalized spacial score (nSPS) is 24.2. The van der Waals surface area contributed by atoms with Crippen molar-refractivity contribution in [2.24, 2.45) is 5.92 Å². The Bertz CT molecular complexity index is 399. The maximum atomic E-state index is 5.97. The summed E-state index contributed by atoms with van der Waals surface area (Å²) in [7, 11) is 0. The summed E-state index contributed by atoms with van der Waals surface area (Å²) in [4.78, 5) is 0. The van der Waals surface area contributed by atoms with Gasteiger partial charge in [0.25, 0.3) is 0 Å². The molecule has 1 aromatic rings. The third kappa shape index (κ3) is 2.27. The highest BCUT2D eigenvalue weighted by atomic mass is 35.5. The standard InChI is InChI=1S/C15H20ClN/c1-11(2)12(3)15(8-9-17-10-15)13-4-6-14(16)7-5-13/h4-7,11,17H,3,8-10H2,1-2H3. The maximum Gasteiger partial charge on any atom is 0.0406 e. The molecule has 2 heteroatoms. The van der Waals surface area contributed by atoms with E-state index in [9.17, 15) is 0 Å². The fraction of sp³-hybridized carbons (Fsp3) is 0.467. The number of rotatable bonds is 3. The number of hydrogen-bond acceptors (Lipinski definition) is 1. The summed E-state index contributed by atoms with van der Waals surface area (Å²) in [5.74, 6) is 0.505. The molecule has 17 heavy (non-hydrogen) atoms. The average molecular weight is 250 g/mol. The lowest BCUT2D eigenvalue weighted by molar-refractivity contribution is 0.497. The third-order valence-electron chi connectivity index (χ3n) is 3.86. The minimum absolute atomic E-state index is 0.0960. The Hall–Kier alpha value is -0.790. The summed E-state index contributed by atoms with van der Waals surface area (Å²) in [5, 5.41) is 4.26. The highest BCUT2D eigenvalue weighted by Gasteiger charge is 2.38. The second-order valence-electron chi connectivity index (χ2n) is 5.20. The van der Waals surface area contributed by atoms with Gasteiger partial charge in [-0.2, -0.15) is 0 Å². The number of hydrogen-bond donors (Lipinski definition) is 1. The predicted molar refractivity (Wildman–Crippen MR) is 74.6 cm³/mol. The molecule has 1 heterocycles. The van der Waals surface area contributed by atoms with Crippen LogP contribution in [0.2, 0.25) is 5.02 Å². The van der Waals surface area contributed by atoms with Crippen LogP contribution in [-0.4, -0.2) is 13.1 Å². The SMILES string of the molecule is C=C(C(C)C)C1(c2ccc(Cl)cc2)CCNC1. The van der Waals surface area contributed by atoms with E-state index in [0.29, 0.717) is 5.92 Å². The van der Waals surface area contributed by atoms with Crippen LogP contribution in [0, 0.1) is 5.92 Å². The van der Waals surface area contributed by atoms with Crippen LogP contribution in [0.1, 0.15) is 25.8 Å². The molecule has 1 nitrogen and oxygen atoms in total. The van der Waals surface area contributed by atoms with E-state index in [1.807, 2.05) is 12.1 Å². The van der Waals surface area contributed by atoms with Gasteiger partial charge in [-0.25, -0.2) is 0 Å². The molecule has 0 aromatic heterocycles. The first-order chi connectivity index (χ1) is 8.06. The minimum Gasteiger partial charge on any atom is -0.315 e. The van der Waals surface area contributed by atoms with Crippen molar-refractivity contribution in [3.05, 3.63) is 47.0 Å². The third-order valence-corrected chi connectivity index (χ3v) is 4.12. The molecule has 0 aliphatic carbocycles. The first-order valence-corrected chi connectivity index (χ1v) is 6.60. The molecule has 2 rings (SSSR count). The summed E-state index contributed by atoms with van der Waals surface area (Å²) in [6.45, 7) is 10.8. The fourth-order valence-corrected chi connectivity index (χ4v) is 2.85. The van der Waals surface area contributed by atoms with E-state index < -0.39 is 0 Å². The first-order valence-electron chi connectivity index (χ1n) is 6.22. The Kier molecular flexibility index (Phi) is 3.60. The fourth-order valence-electron chi connectivity index (χ4n) is 2.72. The number of halogens is 1. The number of nitrogens with one attached hydrogen (secondary N) is 1. The summed E-state index contributed by atoms with van der Waals surface area (Å²) in [6, 6.07) is 8.24. The van der Waals surface area contributed by atoms with Gasteiger partial charge in [0.15, 0.2) is 0 Å². The minimum atomic E-state index is 0.0960. The van der Waals surface area contributed by atoms with Crippen molar-refractivity contribution < 1.29 is 0 Å². The zero-order chi connectivity index (χ0) is 12.5. The van der Waals surface area contributed by atoms with Crippen LogP contribution >= 0.6 is 11.6 Å². The van der Waals surface area contributed by atoms with Gasteiger partial charge in [-0.05, 0) is 36.6 Å². The molecule has 0 saturated carbocycles. The molecule has 1 unspecified atom stereocenters. The zero-order valence-corrected chi connectivity index (χ0v) is 11.3. The van der Waals surface area contributed by atoms with E-state index in [1.165, 1.54) is 11.1 Å². The highest BCUT2D eigenvalue weighted by molar-refractivity contribution is 6.30. The Morgan fingerprint density at radius 3 is 2.47 bits per heavy atom. The van der Waals surface area contributed by atoms with Crippen LogP contribution in [0.25, 0.3) is 0 Å². The van der Waals surface area contributed by atoms with Gasteiger partial charge in [-0.3, -0.25) is 0 Å². The molecule has 1 N–H and O–H groups in total. The molecular formula is C15H20ClN. The van der Waals surface area contributed by atoms with E-state index in [-0.39, 0.29) is 5.41 Å². The maximum absolute atomic E-state index is 5.97. The number of benzene rings is 1. The summed E-state index contributed by atoms with van der Waals surface area (Å²) >= 11 is 5.97. The molecule has 92 valence electrons. The van der Waals surface area contributed by atoms with E-state index in [1.54, 1.807) is 0 Å². The van der Waals surface area contributed by atoms with E-state index in [2.05, 4.69) is 37.9 Å². The van der Waals surface area contributed by atoms with Gasteiger partial charge in [0.2, 0.25) is 0 Å². The van der Waals surface area contributed by atoms with E-state index in [4.69, 9.17) is 11.6 Å². The molecule has 1 atom stereocenters. The second kappa shape index (κ2) is 4.83. The lowest BCUT2D eigenvalue weighted by Gasteiger charge is -2.33. The van der Waals surface area contributed by atoms with Crippen molar-refractivity contribution in [2.45, 2.75) is 25.7 Å². The van der Waals surface area contributed by atoms with Gasteiger partial charge < -0.3 is 5.32 Å². The largest absolute Gasteiger partial charge is 0.315 e. The van der Waals surface area contributed by atoms with Crippen LogP contribution in [0.4, 0.5) is 0 Å². The van der Waals surface area contributed by atoms with Gasteiger partial charge in [-0.15, -0.1) is 0 Å². The molecule has 0 bridgehead atoms. The molecular weight excluding hydrogens is 230 g/mol. The van der Waals surface area contributed by atoms with Crippen molar-refractivity contribution >= 4 is 11.6 Å². The monoisotopic (exact) mass is 249 g/mol. The summed E-state index contributed by atoms with van der Waals surface area (Å²) < 4.78 is 0. The molecule has 0 spiro atoms. The molecule has 0 radical (unpaired) electrons. The average Bonchev–Trinajstić information content (AvgIpc) is 2.79. The summed E-state index contributed by atoms with van der Waals surface area (Å²) in [5.41, 5.74) is 2.76. The van der Waals surface area contributed by atoms with Gasteiger partial charge >= 0.3 is 0 Å². The van der Waals surface area contributed by atoms with Crippen molar-refractivity contribution in [1.29, 1.82) is 0 Å². The second-order valence-corrected chi connectivity index (χ2v) is 5.63. The Morgan fingerprint density at radius 1 is 1.35 bits per heavy atom. The smallest absolute Gasteiger partial charge is 0.0406 e. The van der Waals surface area contributed by atoms with Crippen molar-refractivity contribution in [2.75, 3.05) is 13.1 Å². The Balaban J connectivity index is 2.41. The van der Waals surface area contributed by atoms with Crippen LogP contribution in [0.15, 0.2) is 36.4 Å². The van der Waals surface area contributed by atoms with Crippen molar-refractivity contribution in [1.82, 2.24) is 5.32 Å². The first kappa shape index (κ1) is 12.7. The predicted octanol–water partition coefficient (Wildman–Crippen LogP) is 3.78. The van der Waals surface area contributed by atoms with Crippen LogP contribution < -0.4 is 5.32 Å². The van der Waals surface area contributed by atoms with Crippen LogP contribution in [0.3, 0.4) is 0 Å². The van der Waals surface area contributed by atoms with Crippen LogP contribution in [0.5, 0.6) is 0 Å². The molecule has 1 fully saturated rings. The zero-order valence-electron chi connectivity index (χ0n) is 10.6. The van der Waals surface area contributed by atoms with Gasteiger partial charge in [0.1, 0.15) is 0 Å². The van der Waals surface area contributed by atoms with E-state index >= 15 is 0 Å². The van der Waals surface area contributed by atoms with Gasteiger partial charge in [0.05, 0.1) is 0 Å². The van der Waals surface area contributed by atoms with Gasteiger partial charge in [-0.1, -0.05) is 49.7 Å². The molecule has 0 amide bonds. The molecule has 1 aliphatic heterocycles. The lowest BCUT2D eigenvalue weighted by Crippen LogP contribution is -2.33. The van der Waals surface area contributed by atoms with Crippen molar-refractivity contribution in [3.63, 3.8) is 0 Å². The van der Waals surface area contributed by atoms with E-state index in [0.717, 1.165) is 24.5 Å². The Labute approximate surface area is 109 Å². The quantitative estimate of drug-likeness (QED) is 0.804.